The standard InChI is InChI=1S/C8H7NO2/c10-5-3-7-6(1-2-9-7)8(11)4-5/h1-4,9-11H. The van der Waals surface area contributed by atoms with Gasteiger partial charge in [0, 0.05) is 23.7 Å². The molecule has 3 nitrogen and oxygen atoms in total. The summed E-state index contributed by atoms with van der Waals surface area (Å²) in [4.78, 5) is 2.88. The topological polar surface area (TPSA) is 56.2 Å². The first-order valence-corrected chi connectivity index (χ1v) is 3.26. The van der Waals surface area contributed by atoms with E-state index < -0.39 is 0 Å². The zero-order valence-corrected chi connectivity index (χ0v) is 5.70. The molecule has 0 atom stereocenters. The highest BCUT2D eigenvalue weighted by molar-refractivity contribution is 5.86. The van der Waals surface area contributed by atoms with Crippen LogP contribution in [0.15, 0.2) is 24.4 Å². The van der Waals surface area contributed by atoms with Gasteiger partial charge in [0.2, 0.25) is 0 Å². The number of rotatable bonds is 0. The van der Waals surface area contributed by atoms with Gasteiger partial charge in [-0.05, 0) is 6.07 Å². The van der Waals surface area contributed by atoms with Crippen LogP contribution < -0.4 is 0 Å². The van der Waals surface area contributed by atoms with Crippen LogP contribution in [0.25, 0.3) is 10.9 Å². The van der Waals surface area contributed by atoms with Crippen LogP contribution in [0, 0.1) is 0 Å². The fourth-order valence-electron chi connectivity index (χ4n) is 1.13. The molecule has 0 aliphatic carbocycles. The summed E-state index contributed by atoms with van der Waals surface area (Å²) in [5.74, 6) is 0.165. The summed E-state index contributed by atoms with van der Waals surface area (Å²) in [7, 11) is 0. The summed E-state index contributed by atoms with van der Waals surface area (Å²) >= 11 is 0. The highest BCUT2D eigenvalue weighted by atomic mass is 16.3. The van der Waals surface area contributed by atoms with Gasteiger partial charge in [-0.15, -0.1) is 0 Å². The van der Waals surface area contributed by atoms with Crippen LogP contribution in [0.5, 0.6) is 11.5 Å². The molecule has 11 heavy (non-hydrogen) atoms. The number of aromatic hydroxyl groups is 2. The van der Waals surface area contributed by atoms with Crippen molar-refractivity contribution in [2.75, 3.05) is 0 Å². The fraction of sp³-hybridized carbons (Fsp3) is 0. The maximum absolute atomic E-state index is 9.26. The second-order valence-corrected chi connectivity index (χ2v) is 2.40. The van der Waals surface area contributed by atoms with E-state index in [4.69, 9.17) is 5.11 Å². The maximum Gasteiger partial charge on any atom is 0.128 e. The highest BCUT2D eigenvalue weighted by Gasteiger charge is 2.01. The van der Waals surface area contributed by atoms with E-state index in [1.807, 2.05) is 0 Å². The molecule has 3 N–H and O–H groups in total. The van der Waals surface area contributed by atoms with E-state index >= 15 is 0 Å². The predicted octanol–water partition coefficient (Wildman–Crippen LogP) is 1.58. The lowest BCUT2D eigenvalue weighted by molar-refractivity contribution is 0.455. The maximum atomic E-state index is 9.26. The zero-order chi connectivity index (χ0) is 7.84. The number of hydrogen-bond acceptors (Lipinski definition) is 2. The van der Waals surface area contributed by atoms with Crippen molar-refractivity contribution in [1.29, 1.82) is 0 Å². The highest BCUT2D eigenvalue weighted by Crippen LogP contribution is 2.28. The van der Waals surface area contributed by atoms with Gasteiger partial charge in [-0.2, -0.15) is 0 Å². The van der Waals surface area contributed by atoms with Crippen LogP contribution >= 0.6 is 0 Å². The van der Waals surface area contributed by atoms with Crippen molar-refractivity contribution in [2.45, 2.75) is 0 Å². The molecule has 1 aromatic heterocycles. The molecule has 0 spiro atoms. The first-order chi connectivity index (χ1) is 5.27. The van der Waals surface area contributed by atoms with Crippen molar-refractivity contribution in [3.63, 3.8) is 0 Å². The minimum absolute atomic E-state index is 0.0671. The molecule has 56 valence electrons. The Bertz CT molecular complexity index is 392. The molecular formula is C8H7NO2. The second-order valence-electron chi connectivity index (χ2n) is 2.40. The second kappa shape index (κ2) is 1.92. The Morgan fingerprint density at radius 3 is 2.82 bits per heavy atom. The molecule has 0 amide bonds. The minimum Gasteiger partial charge on any atom is -0.508 e. The van der Waals surface area contributed by atoms with Crippen molar-refractivity contribution in [3.8, 4) is 11.5 Å². The third-order valence-corrected chi connectivity index (χ3v) is 1.63. The number of aromatic amines is 1. The molecule has 2 rings (SSSR count). The average molecular weight is 149 g/mol. The van der Waals surface area contributed by atoms with Gasteiger partial charge in [-0.25, -0.2) is 0 Å². The number of phenols is 2. The zero-order valence-electron chi connectivity index (χ0n) is 5.70. The molecule has 1 heterocycles. The van der Waals surface area contributed by atoms with Gasteiger partial charge >= 0.3 is 0 Å². The van der Waals surface area contributed by atoms with Crippen LogP contribution in [0.4, 0.5) is 0 Å². The molecule has 0 saturated carbocycles. The Kier molecular flexibility index (Phi) is 1.06. The van der Waals surface area contributed by atoms with E-state index in [0.717, 1.165) is 10.9 Å². The van der Waals surface area contributed by atoms with Gasteiger partial charge in [-0.3, -0.25) is 0 Å². The summed E-state index contributed by atoms with van der Waals surface area (Å²) in [6.45, 7) is 0. The number of nitrogens with one attached hydrogen (secondary N) is 1. The van der Waals surface area contributed by atoms with Crippen molar-refractivity contribution in [1.82, 2.24) is 4.98 Å². The van der Waals surface area contributed by atoms with Gasteiger partial charge in [0.25, 0.3) is 0 Å². The van der Waals surface area contributed by atoms with Crippen LogP contribution in [0.3, 0.4) is 0 Å². The van der Waals surface area contributed by atoms with E-state index in [-0.39, 0.29) is 11.5 Å². The van der Waals surface area contributed by atoms with E-state index in [9.17, 15) is 5.11 Å². The smallest absolute Gasteiger partial charge is 0.128 e. The van der Waals surface area contributed by atoms with E-state index in [1.54, 1.807) is 18.3 Å². The molecule has 3 heteroatoms. The number of fused-ring (bicyclic) bond motifs is 1. The molecule has 0 radical (unpaired) electrons. The van der Waals surface area contributed by atoms with E-state index in [0.29, 0.717) is 0 Å². The molecule has 0 saturated heterocycles. The van der Waals surface area contributed by atoms with Crippen LogP contribution in [0.2, 0.25) is 0 Å². The van der Waals surface area contributed by atoms with Gasteiger partial charge in [-0.1, -0.05) is 0 Å². The SMILES string of the molecule is Oc1cc(O)c2cc[nH]c2c1. The Labute approximate surface area is 62.9 Å². The molecule has 0 aliphatic rings. The van der Waals surface area contributed by atoms with Crippen molar-refractivity contribution in [3.05, 3.63) is 24.4 Å². The molecule has 0 unspecified atom stereocenters. The third kappa shape index (κ3) is 0.816. The minimum atomic E-state index is 0.0671. The van der Waals surface area contributed by atoms with Crippen LogP contribution in [-0.2, 0) is 0 Å². The predicted molar refractivity (Wildman–Crippen MR) is 41.6 cm³/mol. The average Bonchev–Trinajstić information content (AvgIpc) is 2.34. The fourth-order valence-corrected chi connectivity index (χ4v) is 1.13. The Morgan fingerprint density at radius 1 is 1.18 bits per heavy atom. The molecule has 1 aromatic carbocycles. The Balaban J connectivity index is 2.91. The van der Waals surface area contributed by atoms with Crippen molar-refractivity contribution in [2.24, 2.45) is 0 Å². The van der Waals surface area contributed by atoms with Gasteiger partial charge in [0.15, 0.2) is 0 Å². The first kappa shape index (κ1) is 6.09. The number of hydrogen-bond donors (Lipinski definition) is 3. The first-order valence-electron chi connectivity index (χ1n) is 3.26. The lowest BCUT2D eigenvalue weighted by Crippen LogP contribution is -1.69. The summed E-state index contributed by atoms with van der Waals surface area (Å²) in [6, 6.07) is 4.63. The summed E-state index contributed by atoms with van der Waals surface area (Å²) in [5.41, 5.74) is 0.738. The molecule has 0 aliphatic heterocycles. The molecule has 2 aromatic rings. The quantitative estimate of drug-likeness (QED) is 0.532. The summed E-state index contributed by atoms with van der Waals surface area (Å²) in [6.07, 6.45) is 1.71. The van der Waals surface area contributed by atoms with E-state index in [2.05, 4.69) is 4.98 Å². The number of H-pyrrole nitrogens is 1. The van der Waals surface area contributed by atoms with Gasteiger partial charge < -0.3 is 15.2 Å². The number of phenolic OH excluding ortho intramolecular Hbond substituents is 2. The van der Waals surface area contributed by atoms with Gasteiger partial charge in [0.05, 0.1) is 5.52 Å². The van der Waals surface area contributed by atoms with E-state index in [1.165, 1.54) is 6.07 Å². The normalized spacial score (nSPS) is 10.5. The molecular weight excluding hydrogens is 142 g/mol. The largest absolute Gasteiger partial charge is 0.508 e. The third-order valence-electron chi connectivity index (χ3n) is 1.63. The number of aromatic nitrogens is 1. The Hall–Kier alpha value is -1.64. The lowest BCUT2D eigenvalue weighted by atomic mass is 10.2. The summed E-state index contributed by atoms with van der Waals surface area (Å²) < 4.78 is 0. The van der Waals surface area contributed by atoms with Crippen molar-refractivity contribution < 1.29 is 10.2 Å². The number of benzene rings is 1. The molecule has 0 fully saturated rings. The Morgan fingerprint density at radius 2 is 2.00 bits per heavy atom. The lowest BCUT2D eigenvalue weighted by Gasteiger charge is -1.95. The monoisotopic (exact) mass is 149 g/mol. The van der Waals surface area contributed by atoms with Crippen molar-refractivity contribution >= 4 is 10.9 Å². The van der Waals surface area contributed by atoms with Crippen LogP contribution in [-0.4, -0.2) is 15.2 Å². The summed E-state index contributed by atoms with van der Waals surface area (Å²) in [5, 5.41) is 19.0. The molecule has 0 bridgehead atoms. The van der Waals surface area contributed by atoms with Crippen LogP contribution in [0.1, 0.15) is 0 Å². The van der Waals surface area contributed by atoms with Gasteiger partial charge in [0.1, 0.15) is 11.5 Å².